The zero-order valence-electron chi connectivity index (χ0n) is 17.3. The molecule has 0 aliphatic heterocycles. The Kier molecular flexibility index (Phi) is 5.42. The van der Waals surface area contributed by atoms with Crippen molar-refractivity contribution >= 4 is 27.2 Å². The van der Waals surface area contributed by atoms with Gasteiger partial charge in [0, 0.05) is 42.1 Å². The fourth-order valence-electron chi connectivity index (χ4n) is 2.85. The average molecular weight is 439 g/mol. The quantitative estimate of drug-likeness (QED) is 0.454. The van der Waals surface area contributed by atoms with Crippen LogP contribution in [0.5, 0.6) is 0 Å². The van der Waals surface area contributed by atoms with Crippen LogP contribution in [0.15, 0.2) is 66.3 Å². The molecule has 31 heavy (non-hydrogen) atoms. The van der Waals surface area contributed by atoms with Crippen LogP contribution in [-0.4, -0.2) is 37.7 Å². The van der Waals surface area contributed by atoms with E-state index in [1.807, 2.05) is 19.9 Å². The molecule has 1 aromatic carbocycles. The van der Waals surface area contributed by atoms with Gasteiger partial charge >= 0.3 is 0 Å². The second-order valence-corrected chi connectivity index (χ2v) is 8.80. The molecule has 0 fully saturated rings. The third kappa shape index (κ3) is 4.72. The Bertz CT molecular complexity index is 1280. The summed E-state index contributed by atoms with van der Waals surface area (Å²) in [6.45, 7) is 5.71. The number of rotatable bonds is 7. The molecule has 4 aromatic rings. The topological polar surface area (TPSA) is 120 Å². The number of anilines is 3. The lowest BCUT2D eigenvalue weighted by molar-refractivity contribution is 0.591. The second kappa shape index (κ2) is 8.19. The molecule has 0 aliphatic rings. The van der Waals surface area contributed by atoms with Gasteiger partial charge in [-0.15, -0.1) is 0 Å². The van der Waals surface area contributed by atoms with Crippen LogP contribution in [0.3, 0.4) is 0 Å². The van der Waals surface area contributed by atoms with Crippen LogP contribution in [-0.2, 0) is 10.0 Å². The highest BCUT2D eigenvalue weighted by Crippen LogP contribution is 2.21. The molecule has 3 heterocycles. The second-order valence-electron chi connectivity index (χ2n) is 7.17. The van der Waals surface area contributed by atoms with E-state index in [0.717, 1.165) is 5.69 Å². The molecule has 3 aromatic heterocycles. The summed E-state index contributed by atoms with van der Waals surface area (Å²) in [6.07, 6.45) is 6.50. The first kappa shape index (κ1) is 20.5. The molecule has 0 bridgehead atoms. The average Bonchev–Trinajstić information content (AvgIpc) is 3.42. The molecule has 2 N–H and O–H groups in total. The van der Waals surface area contributed by atoms with Crippen molar-refractivity contribution in [3.63, 3.8) is 0 Å². The summed E-state index contributed by atoms with van der Waals surface area (Å²) >= 11 is 0. The molecule has 0 aliphatic carbocycles. The number of imidazole rings is 1. The molecule has 11 heteroatoms. The van der Waals surface area contributed by atoms with Gasteiger partial charge in [0.2, 0.25) is 0 Å². The maximum atomic E-state index is 12.6. The zero-order valence-corrected chi connectivity index (χ0v) is 18.1. The Morgan fingerprint density at radius 2 is 1.81 bits per heavy atom. The highest BCUT2D eigenvalue weighted by molar-refractivity contribution is 7.92. The maximum absolute atomic E-state index is 12.6. The summed E-state index contributed by atoms with van der Waals surface area (Å²) in [5.41, 5.74) is 1.18. The zero-order chi connectivity index (χ0) is 22.0. The van der Waals surface area contributed by atoms with E-state index >= 15 is 0 Å². The third-order valence-corrected chi connectivity index (χ3v) is 5.69. The first-order chi connectivity index (χ1) is 14.8. The van der Waals surface area contributed by atoms with Gasteiger partial charge in [-0.05, 0) is 51.1 Å². The SMILES string of the molecule is Cc1nc(Nc2ccc(NS(=O)(=O)c3cn(C(C)C)cn3)cc2)cc(-n2cccn2)n1. The first-order valence-corrected chi connectivity index (χ1v) is 11.1. The highest BCUT2D eigenvalue weighted by Gasteiger charge is 2.18. The minimum Gasteiger partial charge on any atom is -0.340 e. The van der Waals surface area contributed by atoms with Crippen molar-refractivity contribution in [3.8, 4) is 5.82 Å². The van der Waals surface area contributed by atoms with Crippen molar-refractivity contribution in [2.75, 3.05) is 10.0 Å². The molecule has 0 spiro atoms. The molecule has 160 valence electrons. The van der Waals surface area contributed by atoms with Crippen molar-refractivity contribution in [1.29, 1.82) is 0 Å². The van der Waals surface area contributed by atoms with Gasteiger partial charge in [-0.2, -0.15) is 13.5 Å². The van der Waals surface area contributed by atoms with Gasteiger partial charge in [0.05, 0.1) is 6.33 Å². The van der Waals surface area contributed by atoms with Gasteiger partial charge in [-0.3, -0.25) is 4.72 Å². The molecule has 0 unspecified atom stereocenters. The predicted molar refractivity (Wildman–Crippen MR) is 117 cm³/mol. The maximum Gasteiger partial charge on any atom is 0.280 e. The normalized spacial score (nSPS) is 11.6. The number of sulfonamides is 1. The van der Waals surface area contributed by atoms with Crippen LogP contribution in [0.4, 0.5) is 17.2 Å². The van der Waals surface area contributed by atoms with E-state index in [1.54, 1.807) is 58.9 Å². The van der Waals surface area contributed by atoms with Gasteiger partial charge in [-0.25, -0.2) is 19.6 Å². The van der Waals surface area contributed by atoms with E-state index in [9.17, 15) is 8.42 Å². The predicted octanol–water partition coefficient (Wildman–Crippen LogP) is 3.29. The molecule has 0 amide bonds. The molecular formula is C20H22N8O2S. The molecule has 0 saturated carbocycles. The van der Waals surface area contributed by atoms with E-state index in [0.29, 0.717) is 23.1 Å². The van der Waals surface area contributed by atoms with Crippen molar-refractivity contribution in [2.24, 2.45) is 0 Å². The van der Waals surface area contributed by atoms with Gasteiger partial charge in [0.25, 0.3) is 10.0 Å². The number of aromatic nitrogens is 6. The summed E-state index contributed by atoms with van der Waals surface area (Å²) in [5.74, 6) is 1.84. The van der Waals surface area contributed by atoms with Crippen LogP contribution >= 0.6 is 0 Å². The minimum absolute atomic E-state index is 0.0222. The fourth-order valence-corrected chi connectivity index (χ4v) is 3.85. The highest BCUT2D eigenvalue weighted by atomic mass is 32.2. The fraction of sp³-hybridized carbons (Fsp3) is 0.200. The lowest BCUT2D eigenvalue weighted by Crippen LogP contribution is -2.13. The van der Waals surface area contributed by atoms with E-state index in [2.05, 4.69) is 30.1 Å². The Morgan fingerprint density at radius 1 is 1.06 bits per heavy atom. The number of aryl methyl sites for hydroxylation is 1. The van der Waals surface area contributed by atoms with Crippen molar-refractivity contribution < 1.29 is 8.42 Å². The Hall–Kier alpha value is -3.73. The summed E-state index contributed by atoms with van der Waals surface area (Å²) in [4.78, 5) is 12.8. The third-order valence-electron chi connectivity index (χ3n) is 4.42. The van der Waals surface area contributed by atoms with Crippen LogP contribution in [0.25, 0.3) is 5.82 Å². The largest absolute Gasteiger partial charge is 0.340 e. The number of hydrogen-bond acceptors (Lipinski definition) is 7. The summed E-state index contributed by atoms with van der Waals surface area (Å²) in [7, 11) is -3.77. The molecule has 0 atom stereocenters. The molecule has 4 rings (SSSR count). The number of nitrogens with one attached hydrogen (secondary N) is 2. The van der Waals surface area contributed by atoms with Gasteiger partial charge < -0.3 is 9.88 Å². The van der Waals surface area contributed by atoms with Crippen LogP contribution in [0, 0.1) is 6.92 Å². The molecular weight excluding hydrogens is 416 g/mol. The van der Waals surface area contributed by atoms with Crippen LogP contribution < -0.4 is 10.0 Å². The van der Waals surface area contributed by atoms with Crippen molar-refractivity contribution in [2.45, 2.75) is 31.8 Å². The van der Waals surface area contributed by atoms with Crippen molar-refractivity contribution in [3.05, 3.63) is 67.1 Å². The Balaban J connectivity index is 1.48. The van der Waals surface area contributed by atoms with Crippen molar-refractivity contribution in [1.82, 2.24) is 29.3 Å². The Morgan fingerprint density at radius 3 is 2.45 bits per heavy atom. The lowest BCUT2D eigenvalue weighted by Gasteiger charge is -2.10. The summed E-state index contributed by atoms with van der Waals surface area (Å²) in [6, 6.07) is 10.6. The molecule has 0 radical (unpaired) electrons. The van der Waals surface area contributed by atoms with E-state index in [1.165, 1.54) is 12.5 Å². The van der Waals surface area contributed by atoms with Gasteiger partial charge in [0.1, 0.15) is 11.6 Å². The monoisotopic (exact) mass is 438 g/mol. The number of benzene rings is 1. The first-order valence-electron chi connectivity index (χ1n) is 9.59. The molecule has 10 nitrogen and oxygen atoms in total. The van der Waals surface area contributed by atoms with Gasteiger partial charge in [0.15, 0.2) is 10.8 Å². The standard InChI is InChI=1S/C20H22N8O2S/c1-14(2)27-12-20(21-13-27)31(29,30)26-17-7-5-16(6-8-17)25-18-11-19(24-15(3)23-18)28-10-4-9-22-28/h4-14,26H,1-3H3,(H,23,24,25). The van der Waals surface area contributed by atoms with Crippen LogP contribution in [0.1, 0.15) is 25.7 Å². The summed E-state index contributed by atoms with van der Waals surface area (Å²) < 4.78 is 31.1. The van der Waals surface area contributed by atoms with E-state index in [4.69, 9.17) is 0 Å². The Labute approximate surface area is 180 Å². The lowest BCUT2D eigenvalue weighted by atomic mass is 10.3. The smallest absolute Gasteiger partial charge is 0.280 e. The molecule has 0 saturated heterocycles. The van der Waals surface area contributed by atoms with E-state index < -0.39 is 10.0 Å². The minimum atomic E-state index is -3.77. The number of hydrogen-bond donors (Lipinski definition) is 2. The van der Waals surface area contributed by atoms with Gasteiger partial charge in [-0.1, -0.05) is 0 Å². The van der Waals surface area contributed by atoms with E-state index in [-0.39, 0.29) is 11.1 Å². The number of nitrogens with zero attached hydrogens (tertiary/aromatic N) is 6. The van der Waals surface area contributed by atoms with Crippen LogP contribution in [0.2, 0.25) is 0 Å². The summed E-state index contributed by atoms with van der Waals surface area (Å²) in [5, 5.41) is 7.36.